The van der Waals surface area contributed by atoms with Gasteiger partial charge < -0.3 is 19.5 Å². The number of nitrogens with zero attached hydrogens (tertiary/aromatic N) is 1. The van der Waals surface area contributed by atoms with E-state index in [1.165, 1.54) is 6.20 Å². The quantitative estimate of drug-likeness (QED) is 0.274. The summed E-state index contributed by atoms with van der Waals surface area (Å²) in [6, 6.07) is 1.37. The Balaban J connectivity index is 2.90. The molecule has 6 nitrogen and oxygen atoms in total. The van der Waals surface area contributed by atoms with Crippen LogP contribution in [0.5, 0.6) is 0 Å². The van der Waals surface area contributed by atoms with Gasteiger partial charge in [0.05, 0.1) is 30.3 Å². The molecule has 0 unspecified atom stereocenters. The average Bonchev–Trinajstić information content (AvgIpc) is 2.66. The molecule has 35 heavy (non-hydrogen) atoms. The van der Waals surface area contributed by atoms with Gasteiger partial charge in [0.25, 0.3) is 0 Å². The van der Waals surface area contributed by atoms with Crippen molar-refractivity contribution in [2.75, 3.05) is 18.9 Å². The zero-order chi connectivity index (χ0) is 27.1. The Kier molecular flexibility index (Phi) is 7.94. The first-order valence-corrected chi connectivity index (χ1v) is 14.5. The van der Waals surface area contributed by atoms with Crippen LogP contribution in [0.15, 0.2) is 23.1 Å². The minimum absolute atomic E-state index is 0.0309. The van der Waals surface area contributed by atoms with Crippen molar-refractivity contribution in [2.45, 2.75) is 78.8 Å². The van der Waals surface area contributed by atoms with E-state index in [2.05, 4.69) is 33.9 Å². The van der Waals surface area contributed by atoms with Crippen LogP contribution in [0.1, 0.15) is 70.4 Å². The number of rotatable bonds is 6. The molecule has 2 rings (SSSR count). The van der Waals surface area contributed by atoms with Crippen molar-refractivity contribution in [3.63, 3.8) is 0 Å². The SMILES string of the molecule is CCOC(=O)c1cn([C@H](CO[Si](C)(C)C(C)(C)C)C(C)(C)C)c2cc(C(F)(F)F)c(N)cc2c1=O. The van der Waals surface area contributed by atoms with Crippen LogP contribution < -0.4 is 11.2 Å². The van der Waals surface area contributed by atoms with E-state index < -0.39 is 48.6 Å². The van der Waals surface area contributed by atoms with E-state index in [9.17, 15) is 22.8 Å². The second-order valence-electron chi connectivity index (χ2n) is 11.4. The van der Waals surface area contributed by atoms with Crippen molar-refractivity contribution in [3.05, 3.63) is 39.7 Å². The lowest BCUT2D eigenvalue weighted by Gasteiger charge is -2.40. The van der Waals surface area contributed by atoms with Crippen molar-refractivity contribution in [1.29, 1.82) is 0 Å². The van der Waals surface area contributed by atoms with Crippen LogP contribution in [0.4, 0.5) is 18.9 Å². The molecule has 2 N–H and O–H groups in total. The Morgan fingerprint density at radius 3 is 2.14 bits per heavy atom. The summed E-state index contributed by atoms with van der Waals surface area (Å²) < 4.78 is 54.2. The first-order valence-electron chi connectivity index (χ1n) is 11.6. The number of benzene rings is 1. The second kappa shape index (κ2) is 9.61. The number of aromatic nitrogens is 1. The molecular weight excluding hydrogens is 477 g/mol. The third-order valence-electron chi connectivity index (χ3n) is 6.75. The summed E-state index contributed by atoms with van der Waals surface area (Å²) in [4.78, 5) is 25.8. The standard InChI is InChI=1S/C25H37F3N2O4Si/c1-10-33-22(32)16-13-30(20(23(2,3)4)14-34-35(8,9)24(5,6)7)19-12-17(25(26,27)28)18(29)11-15(19)21(16)31/h11-13,20H,10,14,29H2,1-9H3/t20-/m1/s1. The summed E-state index contributed by atoms with van der Waals surface area (Å²) in [7, 11) is -2.22. The zero-order valence-corrected chi connectivity index (χ0v) is 23.0. The Bertz CT molecular complexity index is 1160. The number of anilines is 1. The van der Waals surface area contributed by atoms with Crippen molar-refractivity contribution in [1.82, 2.24) is 4.57 Å². The van der Waals surface area contributed by atoms with Crippen LogP contribution in [0.2, 0.25) is 18.1 Å². The van der Waals surface area contributed by atoms with E-state index in [0.29, 0.717) is 0 Å². The molecule has 1 heterocycles. The van der Waals surface area contributed by atoms with E-state index in [4.69, 9.17) is 14.9 Å². The molecule has 1 aromatic heterocycles. The maximum Gasteiger partial charge on any atom is 0.418 e. The van der Waals surface area contributed by atoms with Crippen molar-refractivity contribution >= 4 is 30.9 Å². The summed E-state index contributed by atoms with van der Waals surface area (Å²) in [5.74, 6) is -0.843. The van der Waals surface area contributed by atoms with Gasteiger partial charge in [-0.15, -0.1) is 0 Å². The van der Waals surface area contributed by atoms with Crippen LogP contribution >= 0.6 is 0 Å². The highest BCUT2D eigenvalue weighted by Gasteiger charge is 2.40. The number of carbonyl (C=O) groups is 1. The molecule has 10 heteroatoms. The predicted octanol–water partition coefficient (Wildman–Crippen LogP) is 6.39. The number of alkyl halides is 3. The maximum absolute atomic E-state index is 13.7. The molecule has 1 aromatic carbocycles. The number of nitrogens with two attached hydrogens (primary N) is 1. The second-order valence-corrected chi connectivity index (χ2v) is 16.2. The number of ether oxygens (including phenoxy) is 1. The lowest BCUT2D eigenvalue weighted by Crippen LogP contribution is -2.43. The van der Waals surface area contributed by atoms with Gasteiger partial charge in [-0.05, 0) is 42.6 Å². The van der Waals surface area contributed by atoms with Gasteiger partial charge in [0.1, 0.15) is 5.56 Å². The number of carbonyl (C=O) groups excluding carboxylic acids is 1. The minimum Gasteiger partial charge on any atom is -0.462 e. The fraction of sp³-hybridized carbons (Fsp3) is 0.600. The summed E-state index contributed by atoms with van der Waals surface area (Å²) in [5, 5.41) is -0.169. The molecule has 0 saturated heterocycles. The maximum atomic E-state index is 13.7. The van der Waals surface area contributed by atoms with Gasteiger partial charge in [-0.3, -0.25) is 4.79 Å². The first kappa shape index (κ1) is 28.9. The van der Waals surface area contributed by atoms with Gasteiger partial charge in [-0.2, -0.15) is 13.2 Å². The Hall–Kier alpha value is -2.33. The first-order chi connectivity index (χ1) is 15.7. The normalized spacial score (nSPS) is 14.3. The molecule has 0 saturated carbocycles. The Morgan fingerprint density at radius 2 is 1.69 bits per heavy atom. The minimum atomic E-state index is -4.71. The van der Waals surface area contributed by atoms with Gasteiger partial charge >= 0.3 is 12.1 Å². The van der Waals surface area contributed by atoms with Crippen molar-refractivity contribution in [3.8, 4) is 0 Å². The van der Waals surface area contributed by atoms with E-state index in [1.54, 1.807) is 11.5 Å². The lowest BCUT2D eigenvalue weighted by molar-refractivity contribution is -0.136. The number of pyridine rings is 1. The molecule has 0 spiro atoms. The number of nitrogen functional groups attached to an aromatic ring is 1. The van der Waals surface area contributed by atoms with Crippen LogP contribution in [-0.2, 0) is 15.3 Å². The summed E-state index contributed by atoms with van der Waals surface area (Å²) in [5.41, 5.74) is 2.61. The smallest absolute Gasteiger partial charge is 0.418 e. The summed E-state index contributed by atoms with van der Waals surface area (Å²) in [6.07, 6.45) is -3.42. The molecule has 0 fully saturated rings. The highest BCUT2D eigenvalue weighted by molar-refractivity contribution is 6.74. The Labute approximate surface area is 205 Å². The summed E-state index contributed by atoms with van der Waals surface area (Å²) >= 11 is 0. The Morgan fingerprint density at radius 1 is 1.11 bits per heavy atom. The number of hydrogen-bond acceptors (Lipinski definition) is 5. The van der Waals surface area contributed by atoms with Crippen LogP contribution in [0.3, 0.4) is 0 Å². The van der Waals surface area contributed by atoms with Gasteiger partial charge in [-0.25, -0.2) is 4.79 Å². The van der Waals surface area contributed by atoms with Gasteiger partial charge in [-0.1, -0.05) is 41.5 Å². The average molecular weight is 515 g/mol. The van der Waals surface area contributed by atoms with Gasteiger partial charge in [0.15, 0.2) is 8.32 Å². The van der Waals surface area contributed by atoms with Crippen LogP contribution in [0.25, 0.3) is 10.9 Å². The van der Waals surface area contributed by atoms with E-state index in [0.717, 1.165) is 12.1 Å². The predicted molar refractivity (Wildman–Crippen MR) is 135 cm³/mol. The molecule has 0 aliphatic heterocycles. The molecular formula is C25H37F3N2O4Si. The van der Waals surface area contributed by atoms with Crippen LogP contribution in [-0.4, -0.2) is 32.1 Å². The number of hydrogen-bond donors (Lipinski definition) is 1. The van der Waals surface area contributed by atoms with Gasteiger partial charge in [0.2, 0.25) is 5.43 Å². The lowest BCUT2D eigenvalue weighted by atomic mass is 9.86. The monoisotopic (exact) mass is 514 g/mol. The fourth-order valence-electron chi connectivity index (χ4n) is 3.52. The zero-order valence-electron chi connectivity index (χ0n) is 22.0. The van der Waals surface area contributed by atoms with Crippen molar-refractivity contribution in [2.24, 2.45) is 5.41 Å². The molecule has 0 bridgehead atoms. The molecule has 196 valence electrons. The van der Waals surface area contributed by atoms with Gasteiger partial charge in [0, 0.05) is 17.3 Å². The molecule has 0 aliphatic rings. The molecule has 0 aliphatic carbocycles. The van der Waals surface area contributed by atoms with Crippen LogP contribution in [0, 0.1) is 5.41 Å². The molecule has 1 atom stereocenters. The highest BCUT2D eigenvalue weighted by Crippen LogP contribution is 2.41. The molecule has 2 aromatic rings. The van der Waals surface area contributed by atoms with E-state index in [-0.39, 0.29) is 34.7 Å². The summed E-state index contributed by atoms with van der Waals surface area (Å²) in [6.45, 7) is 18.1. The van der Waals surface area contributed by atoms with Crippen molar-refractivity contribution < 1.29 is 27.1 Å². The molecule has 0 amide bonds. The number of esters is 1. The number of fused-ring (bicyclic) bond motifs is 1. The number of halogens is 3. The third-order valence-corrected chi connectivity index (χ3v) is 11.2. The van der Waals surface area contributed by atoms with E-state index >= 15 is 0 Å². The highest BCUT2D eigenvalue weighted by atomic mass is 28.4. The third kappa shape index (κ3) is 6.09. The fourth-order valence-corrected chi connectivity index (χ4v) is 4.53. The van der Waals surface area contributed by atoms with E-state index in [1.807, 2.05) is 20.8 Å². The molecule has 0 radical (unpaired) electrons. The largest absolute Gasteiger partial charge is 0.462 e. The topological polar surface area (TPSA) is 83.6 Å².